The van der Waals surface area contributed by atoms with Gasteiger partial charge in [-0.3, -0.25) is 4.98 Å². The summed E-state index contributed by atoms with van der Waals surface area (Å²) < 4.78 is 82.7. The third-order valence-corrected chi connectivity index (χ3v) is 5.87. The summed E-state index contributed by atoms with van der Waals surface area (Å²) in [7, 11) is 3.89. The third-order valence-electron chi connectivity index (χ3n) is 5.26. The van der Waals surface area contributed by atoms with E-state index in [4.69, 9.17) is 48.4 Å². The van der Waals surface area contributed by atoms with Crippen LogP contribution in [0.5, 0.6) is 17.2 Å². The minimum Gasteiger partial charge on any atom is -0.495 e. The van der Waals surface area contributed by atoms with E-state index in [1.165, 1.54) is 26.5 Å². The average Bonchev–Trinajstić information content (AvgIpc) is 2.96. The van der Waals surface area contributed by atoms with Crippen molar-refractivity contribution >= 4 is 45.5 Å². The molecule has 36 heavy (non-hydrogen) atoms. The van der Waals surface area contributed by atoms with Gasteiger partial charge in [0.1, 0.15) is 11.8 Å². The number of pyridine rings is 1. The van der Waals surface area contributed by atoms with Crippen LogP contribution in [0.2, 0.25) is 10.0 Å². The van der Waals surface area contributed by atoms with E-state index in [9.17, 15) is 5.26 Å². The fraction of sp³-hybridized carbons (Fsp3) is 0.385. The molecule has 1 fully saturated rings. The molecular weight excluding hydrogens is 501 g/mol. The van der Waals surface area contributed by atoms with Crippen molar-refractivity contribution in [2.24, 2.45) is 0 Å². The highest BCUT2D eigenvalue weighted by Crippen LogP contribution is 2.40. The predicted octanol–water partition coefficient (Wildman–Crippen LogP) is 5.19. The summed E-state index contributed by atoms with van der Waals surface area (Å²) in [5, 5.41) is 14.0. The SMILES string of the molecule is [2H]C1([2H])N(C)C([2H])([2H])C([2H])([2H])N(CCCOc2cc3ncc(C#N)c(Nc4cc(OC)c(Cl)cc4Cl)c3cc2OC)C1([2H])[2H]. The van der Waals surface area contributed by atoms with Crippen molar-refractivity contribution in [1.29, 1.82) is 5.26 Å². The Morgan fingerprint density at radius 1 is 1.06 bits per heavy atom. The van der Waals surface area contributed by atoms with Crippen LogP contribution < -0.4 is 19.5 Å². The van der Waals surface area contributed by atoms with E-state index in [0.29, 0.717) is 42.8 Å². The first-order chi connectivity index (χ1) is 20.4. The molecule has 1 aromatic heterocycles. The Balaban J connectivity index is 1.60. The van der Waals surface area contributed by atoms with Gasteiger partial charge in [-0.05, 0) is 25.6 Å². The van der Waals surface area contributed by atoms with Crippen molar-refractivity contribution in [3.63, 3.8) is 0 Å². The number of fused-ring (bicyclic) bond motifs is 1. The van der Waals surface area contributed by atoms with E-state index in [-0.39, 0.29) is 41.7 Å². The molecule has 2 aromatic carbocycles. The molecule has 0 saturated carbocycles. The number of anilines is 2. The molecule has 1 aliphatic heterocycles. The largest absolute Gasteiger partial charge is 0.495 e. The summed E-state index contributed by atoms with van der Waals surface area (Å²) in [5.41, 5.74) is 1.45. The molecule has 3 aromatic rings. The van der Waals surface area contributed by atoms with Crippen LogP contribution in [0.3, 0.4) is 0 Å². The lowest BCUT2D eigenvalue weighted by molar-refractivity contribution is 0.145. The van der Waals surface area contributed by atoms with Gasteiger partial charge < -0.3 is 29.3 Å². The molecule has 1 saturated heterocycles. The molecule has 1 aliphatic rings. The van der Waals surface area contributed by atoms with E-state index in [1.807, 2.05) is 0 Å². The van der Waals surface area contributed by atoms with Crippen LogP contribution in [-0.2, 0) is 0 Å². The number of hydrogen-bond acceptors (Lipinski definition) is 8. The molecule has 0 spiro atoms. The second-order valence-electron chi connectivity index (χ2n) is 7.63. The summed E-state index contributed by atoms with van der Waals surface area (Å²) in [6, 6.07) is 8.39. The van der Waals surface area contributed by atoms with Gasteiger partial charge in [0.25, 0.3) is 0 Å². The third kappa shape index (κ3) is 5.88. The van der Waals surface area contributed by atoms with Gasteiger partial charge in [0.15, 0.2) is 11.5 Å². The molecule has 0 bridgehead atoms. The van der Waals surface area contributed by atoms with Gasteiger partial charge in [0.05, 0.1) is 53.3 Å². The number of likely N-dealkylation sites (N-methyl/N-ethyl adjacent to an activating group) is 1. The number of nitrogens with zero attached hydrogens (tertiary/aromatic N) is 4. The molecular formula is C26H29Cl2N5O3. The summed E-state index contributed by atoms with van der Waals surface area (Å²) in [6.07, 6.45) is 1.39. The van der Waals surface area contributed by atoms with Crippen LogP contribution in [0.1, 0.15) is 23.0 Å². The molecule has 0 unspecified atom stereocenters. The standard InChI is InChI=1S/C26H29Cl2N5O3/c1-32-6-8-33(9-7-32)5-4-10-36-25-13-21-18(11-24(25)35-3)26(17(15-29)16-30-21)31-22-14-23(34-2)20(28)12-19(22)27/h11-14,16H,4-10H2,1-3H3,(H,30,31)/i6D2,7D2,8D2,9D2. The summed E-state index contributed by atoms with van der Waals surface area (Å²) in [4.78, 5) is 5.37. The molecule has 0 amide bonds. The van der Waals surface area contributed by atoms with Crippen LogP contribution in [-0.4, -0.2) is 75.2 Å². The van der Waals surface area contributed by atoms with Crippen LogP contribution >= 0.6 is 23.2 Å². The molecule has 2 heterocycles. The molecule has 190 valence electrons. The van der Waals surface area contributed by atoms with Crippen molar-refractivity contribution in [2.45, 2.75) is 6.42 Å². The second-order valence-corrected chi connectivity index (χ2v) is 8.44. The zero-order valence-corrected chi connectivity index (χ0v) is 21.3. The zero-order chi connectivity index (χ0) is 32.8. The van der Waals surface area contributed by atoms with E-state index in [0.717, 1.165) is 7.05 Å². The minimum atomic E-state index is -2.86. The summed E-state index contributed by atoms with van der Waals surface area (Å²) in [5.74, 6) is 0.897. The summed E-state index contributed by atoms with van der Waals surface area (Å²) >= 11 is 12.6. The van der Waals surface area contributed by atoms with Gasteiger partial charge in [0, 0.05) is 67.2 Å². The Morgan fingerprint density at radius 2 is 1.81 bits per heavy atom. The van der Waals surface area contributed by atoms with E-state index in [1.54, 1.807) is 18.2 Å². The highest BCUT2D eigenvalue weighted by atomic mass is 35.5. The van der Waals surface area contributed by atoms with Crippen LogP contribution in [0, 0.1) is 11.3 Å². The molecule has 1 N–H and O–H groups in total. The van der Waals surface area contributed by atoms with Gasteiger partial charge in [-0.25, -0.2) is 0 Å². The van der Waals surface area contributed by atoms with Crippen molar-refractivity contribution in [3.8, 4) is 23.3 Å². The second kappa shape index (κ2) is 11.8. The Kier molecular flexibility index (Phi) is 5.76. The van der Waals surface area contributed by atoms with Gasteiger partial charge in [0.2, 0.25) is 0 Å². The Labute approximate surface area is 232 Å². The van der Waals surface area contributed by atoms with Gasteiger partial charge in [-0.15, -0.1) is 0 Å². The lowest BCUT2D eigenvalue weighted by Crippen LogP contribution is -2.44. The minimum absolute atomic E-state index is 0.0145. The molecule has 0 radical (unpaired) electrons. The van der Waals surface area contributed by atoms with E-state index in [2.05, 4.69) is 16.4 Å². The zero-order valence-electron chi connectivity index (χ0n) is 27.8. The Hall–Kier alpha value is -2.96. The number of halogens is 2. The topological polar surface area (TPSA) is 82.9 Å². The normalized spacial score (nSPS) is 23.3. The fourth-order valence-corrected chi connectivity index (χ4v) is 3.96. The number of rotatable bonds is 9. The van der Waals surface area contributed by atoms with Crippen molar-refractivity contribution < 1.29 is 25.2 Å². The maximum Gasteiger partial charge on any atom is 0.163 e. The van der Waals surface area contributed by atoms with Crippen LogP contribution in [0.25, 0.3) is 10.9 Å². The molecule has 8 nitrogen and oxygen atoms in total. The fourth-order valence-electron chi connectivity index (χ4n) is 3.45. The number of benzene rings is 2. The number of ether oxygens (including phenoxy) is 3. The molecule has 10 heteroatoms. The van der Waals surface area contributed by atoms with Crippen molar-refractivity contribution in [3.05, 3.63) is 46.1 Å². The first-order valence-corrected chi connectivity index (χ1v) is 11.6. The first kappa shape index (κ1) is 17.5. The highest BCUT2D eigenvalue weighted by molar-refractivity contribution is 6.37. The molecule has 0 atom stereocenters. The van der Waals surface area contributed by atoms with Crippen molar-refractivity contribution in [2.75, 3.05) is 65.7 Å². The van der Waals surface area contributed by atoms with Crippen LogP contribution in [0.4, 0.5) is 11.4 Å². The van der Waals surface area contributed by atoms with Gasteiger partial charge in [-0.1, -0.05) is 23.2 Å². The van der Waals surface area contributed by atoms with Gasteiger partial charge >= 0.3 is 0 Å². The quantitative estimate of drug-likeness (QED) is 0.373. The first-order valence-electron chi connectivity index (χ1n) is 14.8. The van der Waals surface area contributed by atoms with Crippen LogP contribution in [0.15, 0.2) is 30.5 Å². The lowest BCUT2D eigenvalue weighted by Gasteiger charge is -2.32. The van der Waals surface area contributed by atoms with Crippen molar-refractivity contribution in [1.82, 2.24) is 14.8 Å². The maximum absolute atomic E-state index is 9.78. The number of piperazine rings is 1. The number of nitrogens with one attached hydrogen (secondary N) is 1. The maximum atomic E-state index is 9.78. The smallest absolute Gasteiger partial charge is 0.163 e. The van der Waals surface area contributed by atoms with E-state index < -0.39 is 26.0 Å². The number of hydrogen-bond donors (Lipinski definition) is 1. The number of methoxy groups -OCH3 is 2. The number of nitriles is 1. The van der Waals surface area contributed by atoms with E-state index >= 15 is 0 Å². The molecule has 4 rings (SSSR count). The summed E-state index contributed by atoms with van der Waals surface area (Å²) in [6.45, 7) is -11.8. The lowest BCUT2D eigenvalue weighted by atomic mass is 10.1. The van der Waals surface area contributed by atoms with Gasteiger partial charge in [-0.2, -0.15) is 5.26 Å². The number of aromatic nitrogens is 1. The monoisotopic (exact) mass is 537 g/mol. The average molecular weight is 539 g/mol. The molecule has 0 aliphatic carbocycles. The Bertz CT molecular complexity index is 1600. The predicted molar refractivity (Wildman–Crippen MR) is 143 cm³/mol. The highest BCUT2D eigenvalue weighted by Gasteiger charge is 2.17. The Morgan fingerprint density at radius 3 is 2.50 bits per heavy atom.